The van der Waals surface area contributed by atoms with Crippen LogP contribution in [-0.4, -0.2) is 69.2 Å². The smallest absolute Gasteiger partial charge is 0.0862 e. The second-order valence-electron chi connectivity index (χ2n) is 5.76. The zero-order chi connectivity index (χ0) is 13.8. The fourth-order valence-electron chi connectivity index (χ4n) is 3.11. The molecule has 20 heavy (non-hydrogen) atoms. The maximum absolute atomic E-state index is 10.2. The predicted octanol–water partition coefficient (Wildman–Crippen LogP) is 0.842. The first kappa shape index (κ1) is 14.4. The van der Waals surface area contributed by atoms with Crippen LogP contribution in [0.2, 0.25) is 0 Å². The summed E-state index contributed by atoms with van der Waals surface area (Å²) in [4.78, 5) is 2.41. The molecule has 0 aliphatic carbocycles. The van der Waals surface area contributed by atoms with Gasteiger partial charge in [0.25, 0.3) is 0 Å². The molecule has 3 heterocycles. The fourth-order valence-corrected chi connectivity index (χ4v) is 4.62. The maximum Gasteiger partial charge on any atom is 0.0862 e. The zero-order valence-corrected chi connectivity index (χ0v) is 12.6. The molecule has 3 rings (SSSR count). The van der Waals surface area contributed by atoms with E-state index in [1.807, 2.05) is 12.3 Å². The minimum atomic E-state index is -0.352. The maximum atomic E-state index is 10.2. The molecular formula is C14H23N3O2S. The Bertz CT molecular complexity index is 401. The second kappa shape index (κ2) is 6.47. The first-order chi connectivity index (χ1) is 9.76. The molecule has 5 nitrogen and oxygen atoms in total. The van der Waals surface area contributed by atoms with Crippen molar-refractivity contribution in [3.8, 4) is 0 Å². The van der Waals surface area contributed by atoms with E-state index in [1.54, 1.807) is 10.9 Å². The van der Waals surface area contributed by atoms with E-state index in [1.165, 1.54) is 0 Å². The van der Waals surface area contributed by atoms with Crippen molar-refractivity contribution in [2.24, 2.45) is 0 Å². The van der Waals surface area contributed by atoms with Crippen LogP contribution in [-0.2, 0) is 11.3 Å². The van der Waals surface area contributed by atoms with E-state index in [0.717, 1.165) is 51.4 Å². The van der Waals surface area contributed by atoms with Gasteiger partial charge >= 0.3 is 0 Å². The quantitative estimate of drug-likeness (QED) is 0.892. The first-order valence-electron chi connectivity index (χ1n) is 7.35. The molecule has 2 fully saturated rings. The summed E-state index contributed by atoms with van der Waals surface area (Å²) in [5.41, 5.74) is 0. The Balaban J connectivity index is 1.51. The normalized spacial score (nSPS) is 24.9. The van der Waals surface area contributed by atoms with E-state index >= 15 is 0 Å². The van der Waals surface area contributed by atoms with Gasteiger partial charge in [-0.25, -0.2) is 0 Å². The molecule has 1 unspecified atom stereocenters. The van der Waals surface area contributed by atoms with Gasteiger partial charge in [0.05, 0.1) is 12.6 Å². The van der Waals surface area contributed by atoms with Crippen LogP contribution in [0.5, 0.6) is 0 Å². The summed E-state index contributed by atoms with van der Waals surface area (Å²) in [5.74, 6) is 1.16. The van der Waals surface area contributed by atoms with Crippen molar-refractivity contribution >= 4 is 11.8 Å². The first-order valence-corrected chi connectivity index (χ1v) is 8.34. The number of nitrogens with zero attached hydrogens (tertiary/aromatic N) is 3. The van der Waals surface area contributed by atoms with E-state index in [9.17, 15) is 5.11 Å². The highest BCUT2D eigenvalue weighted by Gasteiger charge is 2.38. The molecule has 0 radical (unpaired) electrons. The average molecular weight is 297 g/mol. The molecule has 2 aliphatic rings. The van der Waals surface area contributed by atoms with Crippen LogP contribution >= 0.6 is 11.8 Å². The lowest BCUT2D eigenvalue weighted by molar-refractivity contribution is 0.0489. The highest BCUT2D eigenvalue weighted by atomic mass is 32.2. The lowest BCUT2D eigenvalue weighted by Gasteiger charge is -2.44. The van der Waals surface area contributed by atoms with Crippen molar-refractivity contribution in [2.75, 3.05) is 38.6 Å². The molecule has 2 aliphatic heterocycles. The Labute approximate surface area is 124 Å². The van der Waals surface area contributed by atoms with Crippen LogP contribution in [0.1, 0.15) is 12.8 Å². The number of aromatic nitrogens is 2. The van der Waals surface area contributed by atoms with Gasteiger partial charge in [-0.2, -0.15) is 16.9 Å². The lowest BCUT2D eigenvalue weighted by atomic mass is 9.97. The molecule has 0 amide bonds. The van der Waals surface area contributed by atoms with Crippen molar-refractivity contribution in [3.05, 3.63) is 18.5 Å². The fraction of sp³-hybridized carbons (Fsp3) is 0.786. The van der Waals surface area contributed by atoms with E-state index in [4.69, 9.17) is 4.74 Å². The monoisotopic (exact) mass is 297 g/mol. The number of aliphatic hydroxyl groups is 1. The Hall–Kier alpha value is -0.560. The van der Waals surface area contributed by atoms with Gasteiger partial charge in [-0.1, -0.05) is 0 Å². The van der Waals surface area contributed by atoms with Crippen LogP contribution in [0.25, 0.3) is 0 Å². The van der Waals surface area contributed by atoms with Crippen LogP contribution in [0.4, 0.5) is 0 Å². The van der Waals surface area contributed by atoms with Gasteiger partial charge in [0, 0.05) is 55.7 Å². The zero-order valence-electron chi connectivity index (χ0n) is 11.8. The molecule has 6 heteroatoms. The van der Waals surface area contributed by atoms with Crippen LogP contribution in [0, 0.1) is 0 Å². The third-order valence-corrected chi connectivity index (χ3v) is 5.69. The van der Waals surface area contributed by atoms with E-state index in [0.29, 0.717) is 11.3 Å². The number of aliphatic hydroxyl groups excluding tert-OH is 1. The van der Waals surface area contributed by atoms with E-state index in [-0.39, 0.29) is 6.10 Å². The van der Waals surface area contributed by atoms with Crippen molar-refractivity contribution in [3.63, 3.8) is 0 Å². The molecule has 1 N–H and O–H groups in total. The summed E-state index contributed by atoms with van der Waals surface area (Å²) in [6, 6.07) is 1.89. The standard InChI is InChI=1S/C14H23N3O2S/c18-13(11-17-5-1-4-15-17)10-16-6-9-20-14(12-16)2-7-19-8-3-14/h1,4-5,13,18H,2-3,6-12H2. The number of hydrogen-bond donors (Lipinski definition) is 1. The topological polar surface area (TPSA) is 50.5 Å². The van der Waals surface area contributed by atoms with Crippen LogP contribution < -0.4 is 0 Å². The van der Waals surface area contributed by atoms with Gasteiger partial charge in [-0.3, -0.25) is 9.58 Å². The van der Waals surface area contributed by atoms with E-state index < -0.39 is 0 Å². The third kappa shape index (κ3) is 3.55. The highest BCUT2D eigenvalue weighted by Crippen LogP contribution is 2.38. The van der Waals surface area contributed by atoms with Crippen molar-refractivity contribution < 1.29 is 9.84 Å². The lowest BCUT2D eigenvalue weighted by Crippen LogP contribution is -2.51. The summed E-state index contributed by atoms with van der Waals surface area (Å²) in [6.07, 6.45) is 5.58. The van der Waals surface area contributed by atoms with Crippen LogP contribution in [0.3, 0.4) is 0 Å². The largest absolute Gasteiger partial charge is 0.390 e. The molecule has 1 aromatic heterocycles. The highest BCUT2D eigenvalue weighted by molar-refractivity contribution is 8.00. The summed E-state index contributed by atoms with van der Waals surface area (Å²) in [7, 11) is 0. The van der Waals surface area contributed by atoms with Gasteiger partial charge in [0.1, 0.15) is 0 Å². The van der Waals surface area contributed by atoms with Gasteiger partial charge in [-0.05, 0) is 18.9 Å². The summed E-state index contributed by atoms with van der Waals surface area (Å²) in [6.45, 7) is 5.24. The summed E-state index contributed by atoms with van der Waals surface area (Å²) >= 11 is 2.10. The van der Waals surface area contributed by atoms with Gasteiger partial charge in [0.2, 0.25) is 0 Å². The molecule has 1 atom stereocenters. The Morgan fingerprint density at radius 1 is 1.35 bits per heavy atom. The van der Waals surface area contributed by atoms with Gasteiger partial charge in [0.15, 0.2) is 0 Å². The third-order valence-electron chi connectivity index (χ3n) is 4.16. The number of thioether (sulfide) groups is 1. The van der Waals surface area contributed by atoms with E-state index in [2.05, 4.69) is 21.8 Å². The molecule has 2 saturated heterocycles. The number of ether oxygens (including phenoxy) is 1. The van der Waals surface area contributed by atoms with Crippen LogP contribution in [0.15, 0.2) is 18.5 Å². The molecule has 0 saturated carbocycles. The van der Waals surface area contributed by atoms with Crippen molar-refractivity contribution in [1.29, 1.82) is 0 Å². The predicted molar refractivity (Wildman–Crippen MR) is 79.9 cm³/mol. The Morgan fingerprint density at radius 2 is 2.20 bits per heavy atom. The number of β-amino-alcohol motifs (C(OH)–C–C–N with tert-alkyl or cyclic N) is 1. The SMILES string of the molecule is OC(CN1CCSC2(CCOCC2)C1)Cn1cccn1. The van der Waals surface area contributed by atoms with Crippen molar-refractivity contribution in [2.45, 2.75) is 30.2 Å². The molecule has 112 valence electrons. The van der Waals surface area contributed by atoms with Crippen molar-refractivity contribution in [1.82, 2.24) is 14.7 Å². The molecular weight excluding hydrogens is 274 g/mol. The minimum Gasteiger partial charge on any atom is -0.390 e. The molecule has 0 aromatic carbocycles. The molecule has 0 bridgehead atoms. The summed E-state index contributed by atoms with van der Waals surface area (Å²) in [5, 5.41) is 14.4. The average Bonchev–Trinajstić information content (AvgIpc) is 2.92. The Morgan fingerprint density at radius 3 is 2.95 bits per heavy atom. The second-order valence-corrected chi connectivity index (χ2v) is 7.32. The van der Waals surface area contributed by atoms with Gasteiger partial charge < -0.3 is 9.84 Å². The summed E-state index contributed by atoms with van der Waals surface area (Å²) < 4.78 is 7.65. The number of rotatable bonds is 4. The molecule has 1 aromatic rings. The molecule has 1 spiro atoms. The minimum absolute atomic E-state index is 0.352. The Kier molecular flexibility index (Phi) is 4.65. The van der Waals surface area contributed by atoms with Gasteiger partial charge in [-0.15, -0.1) is 0 Å². The number of hydrogen-bond acceptors (Lipinski definition) is 5.